The number of nitrogens with zero attached hydrogens (tertiary/aromatic N) is 4. The van der Waals surface area contributed by atoms with Crippen molar-refractivity contribution in [3.05, 3.63) is 85.0 Å². The molecule has 41 heavy (non-hydrogen) atoms. The molecule has 0 spiro atoms. The number of carbonyl (C=O) groups excluding carboxylic acids is 1. The Labute approximate surface area is 233 Å². The summed E-state index contributed by atoms with van der Waals surface area (Å²) >= 11 is 0. The van der Waals surface area contributed by atoms with E-state index in [1.165, 1.54) is 12.7 Å². The minimum atomic E-state index is -5.01. The number of phosphoric ester groups is 1. The van der Waals surface area contributed by atoms with Crippen molar-refractivity contribution in [2.24, 2.45) is 0 Å². The maximum absolute atomic E-state index is 12.6. The van der Waals surface area contributed by atoms with Crippen LogP contribution in [-0.4, -0.2) is 61.7 Å². The van der Waals surface area contributed by atoms with E-state index in [0.717, 1.165) is 5.56 Å². The zero-order chi connectivity index (χ0) is 28.4. The fraction of sp³-hybridized carbons (Fsp3) is 0.231. The van der Waals surface area contributed by atoms with E-state index in [1.54, 1.807) is 34.9 Å². The molecule has 14 nitrogen and oxygen atoms in total. The number of ether oxygens (including phenoxy) is 3. The van der Waals surface area contributed by atoms with Gasteiger partial charge in [0.1, 0.15) is 24.6 Å². The SMILES string of the molecule is O=C(Nc1ccccc1)Nc1ncnc2c1ncn2[C@@H]1O[C@H](COP(=O)([O-])O)C2OC(/C=C/c3ccccc3)O[C@@H]21. The van der Waals surface area contributed by atoms with Gasteiger partial charge in [-0.1, -0.05) is 54.6 Å². The van der Waals surface area contributed by atoms with Crippen LogP contribution in [0.5, 0.6) is 0 Å². The fourth-order valence-electron chi connectivity index (χ4n) is 4.65. The predicted octanol–water partition coefficient (Wildman–Crippen LogP) is 2.67. The number of benzene rings is 2. The average molecular weight is 579 g/mol. The molecule has 6 atom stereocenters. The molecule has 0 bridgehead atoms. The van der Waals surface area contributed by atoms with E-state index in [1.807, 2.05) is 42.5 Å². The van der Waals surface area contributed by atoms with Crippen LogP contribution in [-0.2, 0) is 23.3 Å². The zero-order valence-electron chi connectivity index (χ0n) is 21.2. The highest BCUT2D eigenvalue weighted by atomic mass is 31.2. The molecule has 2 aliphatic heterocycles. The Bertz CT molecular complexity index is 1600. The second kappa shape index (κ2) is 11.5. The number of rotatable bonds is 8. The molecule has 2 saturated heterocycles. The van der Waals surface area contributed by atoms with Crippen LogP contribution in [0.1, 0.15) is 11.8 Å². The lowest BCUT2D eigenvalue weighted by atomic mass is 10.1. The van der Waals surface area contributed by atoms with Gasteiger partial charge in [-0.25, -0.2) is 19.7 Å². The summed E-state index contributed by atoms with van der Waals surface area (Å²) < 4.78 is 35.7. The van der Waals surface area contributed by atoms with Gasteiger partial charge >= 0.3 is 6.03 Å². The molecule has 4 aromatic rings. The summed E-state index contributed by atoms with van der Waals surface area (Å²) in [6.45, 7) is -0.499. The molecular weight excluding hydrogens is 555 g/mol. The number of urea groups is 1. The number of anilines is 2. The Morgan fingerprint density at radius 1 is 1.02 bits per heavy atom. The number of hydrogen-bond acceptors (Lipinski definition) is 10. The molecule has 0 saturated carbocycles. The molecule has 2 fully saturated rings. The number of hydrogen-bond donors (Lipinski definition) is 3. The van der Waals surface area contributed by atoms with E-state index in [4.69, 9.17) is 19.1 Å². The number of aromatic nitrogens is 4. The Hall–Kier alpha value is -4.01. The van der Waals surface area contributed by atoms with E-state index in [0.29, 0.717) is 11.3 Å². The highest BCUT2D eigenvalue weighted by molar-refractivity contribution is 7.44. The lowest BCUT2D eigenvalue weighted by Crippen LogP contribution is -2.32. The summed E-state index contributed by atoms with van der Waals surface area (Å²) in [5.74, 6) is 0.163. The molecule has 6 rings (SSSR count). The van der Waals surface area contributed by atoms with Crippen LogP contribution in [0.4, 0.5) is 16.3 Å². The molecule has 4 heterocycles. The number of imidazole rings is 1. The second-order valence-electron chi connectivity index (χ2n) is 9.16. The first-order chi connectivity index (χ1) is 19.8. The van der Waals surface area contributed by atoms with Crippen LogP contribution in [0.3, 0.4) is 0 Å². The minimum Gasteiger partial charge on any atom is -0.756 e. The summed E-state index contributed by atoms with van der Waals surface area (Å²) in [7, 11) is -5.01. The van der Waals surface area contributed by atoms with Gasteiger partial charge in [0.15, 0.2) is 29.5 Å². The van der Waals surface area contributed by atoms with E-state index in [2.05, 4.69) is 30.1 Å². The normalized spacial score (nSPS) is 25.3. The van der Waals surface area contributed by atoms with Crippen molar-refractivity contribution in [2.75, 3.05) is 17.2 Å². The maximum Gasteiger partial charge on any atom is 0.324 e. The number of phosphoric acid groups is 1. The molecule has 3 unspecified atom stereocenters. The number of nitrogens with one attached hydrogen (secondary N) is 2. The van der Waals surface area contributed by atoms with Gasteiger partial charge in [0.2, 0.25) is 0 Å². The maximum atomic E-state index is 12.6. The first-order valence-corrected chi connectivity index (χ1v) is 14.0. The van der Waals surface area contributed by atoms with Crippen LogP contribution in [0, 0.1) is 0 Å². The van der Waals surface area contributed by atoms with Crippen LogP contribution in [0.15, 0.2) is 79.4 Å². The highest BCUT2D eigenvalue weighted by Crippen LogP contribution is 2.42. The molecule has 212 valence electrons. The smallest absolute Gasteiger partial charge is 0.324 e. The molecule has 0 radical (unpaired) electrons. The summed E-state index contributed by atoms with van der Waals surface area (Å²) in [6.07, 6.45) is 2.28. The van der Waals surface area contributed by atoms with Crippen molar-refractivity contribution in [3.63, 3.8) is 0 Å². The van der Waals surface area contributed by atoms with Gasteiger partial charge in [-0.15, -0.1) is 0 Å². The summed E-state index contributed by atoms with van der Waals surface area (Å²) in [5, 5.41) is 5.38. The van der Waals surface area contributed by atoms with Crippen molar-refractivity contribution < 1.29 is 37.9 Å². The van der Waals surface area contributed by atoms with E-state index in [-0.39, 0.29) is 11.3 Å². The zero-order valence-corrected chi connectivity index (χ0v) is 22.1. The van der Waals surface area contributed by atoms with Crippen molar-refractivity contribution in [3.8, 4) is 0 Å². The third-order valence-electron chi connectivity index (χ3n) is 6.41. The Balaban J connectivity index is 1.24. The lowest BCUT2D eigenvalue weighted by molar-refractivity contribution is -0.223. The van der Waals surface area contributed by atoms with Crippen LogP contribution in [0.25, 0.3) is 17.2 Å². The number of amides is 2. The van der Waals surface area contributed by atoms with Gasteiger partial charge in [-0.2, -0.15) is 0 Å². The standard InChI is InChI=1S/C26H25N6O8P/c33-26(30-17-9-5-2-6-10-17)31-23-20-24(28-14-27-23)32(15-29-20)25-22-21(18(38-25)13-37-41(34,35)36)39-19(40-22)12-11-16-7-3-1-4-8-16/h1-12,14-15,18-19,21-22,25H,13H2,(H2,34,35,36)(H2,27,28,30,31,33)/p-1/b12-11+/t18-,19?,21?,22+,25-/m1/s1. The van der Waals surface area contributed by atoms with Crippen molar-refractivity contribution in [1.29, 1.82) is 0 Å². The van der Waals surface area contributed by atoms with Gasteiger partial charge < -0.3 is 33.8 Å². The van der Waals surface area contributed by atoms with Crippen LogP contribution in [0.2, 0.25) is 0 Å². The topological polar surface area (TPSA) is 182 Å². The Morgan fingerprint density at radius 3 is 2.51 bits per heavy atom. The molecule has 2 amide bonds. The Kier molecular flexibility index (Phi) is 7.60. The third kappa shape index (κ3) is 6.19. The second-order valence-corrected chi connectivity index (χ2v) is 10.4. The average Bonchev–Trinajstić information content (AvgIpc) is 3.66. The number of carbonyl (C=O) groups is 1. The molecule has 2 aromatic carbocycles. The molecular formula is C26H24N6O8P-. The molecule has 0 aliphatic carbocycles. The highest BCUT2D eigenvalue weighted by Gasteiger charge is 2.53. The quantitative estimate of drug-likeness (QED) is 0.261. The number of fused-ring (bicyclic) bond motifs is 2. The van der Waals surface area contributed by atoms with E-state index in [9.17, 15) is 14.3 Å². The van der Waals surface area contributed by atoms with Crippen LogP contribution >= 0.6 is 7.82 Å². The van der Waals surface area contributed by atoms with Crippen LogP contribution < -0.4 is 15.5 Å². The van der Waals surface area contributed by atoms with Gasteiger partial charge in [-0.05, 0) is 23.8 Å². The van der Waals surface area contributed by atoms with Crippen molar-refractivity contribution in [1.82, 2.24) is 19.5 Å². The van der Waals surface area contributed by atoms with Gasteiger partial charge in [0.05, 0.1) is 12.9 Å². The molecule has 2 aliphatic rings. The number of para-hydroxylation sites is 1. The predicted molar refractivity (Wildman–Crippen MR) is 143 cm³/mol. The monoisotopic (exact) mass is 579 g/mol. The fourth-order valence-corrected chi connectivity index (χ4v) is 4.99. The largest absolute Gasteiger partial charge is 0.756 e. The first-order valence-electron chi connectivity index (χ1n) is 12.5. The lowest BCUT2D eigenvalue weighted by Gasteiger charge is -2.22. The van der Waals surface area contributed by atoms with E-state index < -0.39 is 51.3 Å². The third-order valence-corrected chi connectivity index (χ3v) is 6.89. The van der Waals surface area contributed by atoms with Gasteiger partial charge in [-0.3, -0.25) is 14.4 Å². The van der Waals surface area contributed by atoms with Crippen molar-refractivity contribution in [2.45, 2.75) is 30.8 Å². The molecule has 3 N–H and O–H groups in total. The summed E-state index contributed by atoms with van der Waals surface area (Å²) in [6, 6.07) is 17.9. The first kappa shape index (κ1) is 27.2. The van der Waals surface area contributed by atoms with Crippen molar-refractivity contribution >= 4 is 42.6 Å². The summed E-state index contributed by atoms with van der Waals surface area (Å²) in [4.78, 5) is 45.8. The van der Waals surface area contributed by atoms with Gasteiger partial charge in [0.25, 0.3) is 7.82 Å². The molecule has 2 aromatic heterocycles. The minimum absolute atomic E-state index is 0.163. The van der Waals surface area contributed by atoms with E-state index >= 15 is 0 Å². The Morgan fingerprint density at radius 2 is 1.76 bits per heavy atom. The van der Waals surface area contributed by atoms with Gasteiger partial charge in [0, 0.05) is 5.69 Å². The summed E-state index contributed by atoms with van der Waals surface area (Å²) in [5.41, 5.74) is 2.14. The molecule has 15 heteroatoms.